The van der Waals surface area contributed by atoms with E-state index < -0.39 is 0 Å². The van der Waals surface area contributed by atoms with Gasteiger partial charge in [-0.15, -0.1) is 0 Å². The van der Waals surface area contributed by atoms with Crippen molar-refractivity contribution in [2.24, 2.45) is 5.73 Å². The highest BCUT2D eigenvalue weighted by Crippen LogP contribution is 1.94. The summed E-state index contributed by atoms with van der Waals surface area (Å²) in [6.07, 6.45) is 6.32. The van der Waals surface area contributed by atoms with Crippen LogP contribution in [0.1, 0.15) is 6.92 Å². The summed E-state index contributed by atoms with van der Waals surface area (Å²) in [5, 5.41) is 6.85. The monoisotopic (exact) mass is 136 g/mol. The molecular formula is C8H12N2. The Hall–Kier alpha value is -1.31. The van der Waals surface area contributed by atoms with Crippen molar-refractivity contribution >= 4 is 6.21 Å². The number of nitrogens with one attached hydrogen (secondary N) is 1. The molecule has 54 valence electrons. The Labute approximate surface area is 61.3 Å². The first-order chi connectivity index (χ1) is 4.72. The van der Waals surface area contributed by atoms with Crippen molar-refractivity contribution in [3.63, 3.8) is 0 Å². The summed E-state index contributed by atoms with van der Waals surface area (Å²) in [4.78, 5) is 0. The summed E-state index contributed by atoms with van der Waals surface area (Å²) < 4.78 is 0. The zero-order valence-corrected chi connectivity index (χ0v) is 6.09. The van der Waals surface area contributed by atoms with E-state index in [-0.39, 0.29) is 0 Å². The molecule has 0 bridgehead atoms. The van der Waals surface area contributed by atoms with Crippen LogP contribution in [0.2, 0.25) is 0 Å². The van der Waals surface area contributed by atoms with Gasteiger partial charge in [-0.05, 0) is 18.6 Å². The Morgan fingerprint density at radius 2 is 2.20 bits per heavy atom. The van der Waals surface area contributed by atoms with Gasteiger partial charge in [-0.3, -0.25) is 0 Å². The molecule has 0 unspecified atom stereocenters. The van der Waals surface area contributed by atoms with Crippen molar-refractivity contribution in [1.82, 2.24) is 0 Å². The van der Waals surface area contributed by atoms with E-state index in [0.29, 0.717) is 5.70 Å². The van der Waals surface area contributed by atoms with Crippen LogP contribution in [0, 0.1) is 5.41 Å². The van der Waals surface area contributed by atoms with Gasteiger partial charge in [-0.2, -0.15) is 0 Å². The number of hydrogen-bond donors (Lipinski definition) is 2. The molecule has 0 aromatic rings. The fourth-order valence-electron chi connectivity index (χ4n) is 0.386. The van der Waals surface area contributed by atoms with Crippen LogP contribution in [-0.4, -0.2) is 6.21 Å². The second-order valence-electron chi connectivity index (χ2n) is 1.88. The van der Waals surface area contributed by atoms with Crippen LogP contribution in [-0.2, 0) is 0 Å². The highest BCUT2D eigenvalue weighted by molar-refractivity contribution is 5.76. The molecule has 0 aromatic carbocycles. The molecule has 0 aliphatic heterocycles. The standard InChI is InChI=1S/C8H12N2/c1-3-4-5-8(10)7(2)6-9/h3-6,9H,1,10H2,2H3/b5-4-,8-7-,9-6?. The topological polar surface area (TPSA) is 49.9 Å². The molecule has 0 saturated carbocycles. The molecule has 0 heterocycles. The van der Waals surface area contributed by atoms with Crippen LogP contribution >= 0.6 is 0 Å². The van der Waals surface area contributed by atoms with Gasteiger partial charge >= 0.3 is 0 Å². The minimum absolute atomic E-state index is 0.606. The number of nitrogens with two attached hydrogens (primary N) is 1. The van der Waals surface area contributed by atoms with Gasteiger partial charge in [0, 0.05) is 11.9 Å². The molecule has 0 amide bonds. The third-order valence-corrected chi connectivity index (χ3v) is 1.08. The molecule has 3 N–H and O–H groups in total. The summed E-state index contributed by atoms with van der Waals surface area (Å²) in [6.45, 7) is 5.28. The van der Waals surface area contributed by atoms with E-state index in [4.69, 9.17) is 11.1 Å². The molecule has 0 saturated heterocycles. The van der Waals surface area contributed by atoms with Crippen LogP contribution in [0.4, 0.5) is 0 Å². The number of hydrogen-bond acceptors (Lipinski definition) is 2. The molecule has 0 spiro atoms. The first-order valence-corrected chi connectivity index (χ1v) is 2.98. The van der Waals surface area contributed by atoms with Gasteiger partial charge in [-0.1, -0.05) is 18.7 Å². The molecule has 2 heteroatoms. The van der Waals surface area contributed by atoms with E-state index in [0.717, 1.165) is 5.57 Å². The minimum atomic E-state index is 0.606. The first-order valence-electron chi connectivity index (χ1n) is 2.98. The highest BCUT2D eigenvalue weighted by atomic mass is 14.6. The average Bonchev–Trinajstić information content (AvgIpc) is 1.98. The molecule has 10 heavy (non-hydrogen) atoms. The summed E-state index contributed by atoms with van der Waals surface area (Å²) in [6, 6.07) is 0. The fourth-order valence-corrected chi connectivity index (χ4v) is 0.386. The predicted molar refractivity (Wildman–Crippen MR) is 45.0 cm³/mol. The molecule has 0 fully saturated rings. The minimum Gasteiger partial charge on any atom is -0.398 e. The van der Waals surface area contributed by atoms with Gasteiger partial charge in [0.25, 0.3) is 0 Å². The maximum absolute atomic E-state index is 6.85. The lowest BCUT2D eigenvalue weighted by atomic mass is 10.2. The molecule has 0 aliphatic carbocycles. The third-order valence-electron chi connectivity index (χ3n) is 1.08. The van der Waals surface area contributed by atoms with E-state index in [1.54, 1.807) is 25.2 Å². The Balaban J connectivity index is 4.31. The van der Waals surface area contributed by atoms with Gasteiger partial charge in [-0.25, -0.2) is 0 Å². The Morgan fingerprint density at radius 1 is 1.60 bits per heavy atom. The second-order valence-corrected chi connectivity index (χ2v) is 1.88. The van der Waals surface area contributed by atoms with E-state index in [1.165, 1.54) is 6.21 Å². The molecule has 0 aromatic heterocycles. The normalized spacial score (nSPS) is 12.9. The van der Waals surface area contributed by atoms with E-state index in [2.05, 4.69) is 6.58 Å². The summed E-state index contributed by atoms with van der Waals surface area (Å²) >= 11 is 0. The SMILES string of the molecule is C=C/C=C\C(N)=C(/C)C=N. The summed E-state index contributed by atoms with van der Waals surface area (Å²) in [7, 11) is 0. The molecule has 0 rings (SSSR count). The summed E-state index contributed by atoms with van der Waals surface area (Å²) in [5.74, 6) is 0. The van der Waals surface area contributed by atoms with Crippen LogP contribution in [0.25, 0.3) is 0 Å². The largest absolute Gasteiger partial charge is 0.398 e. The van der Waals surface area contributed by atoms with Gasteiger partial charge in [0.05, 0.1) is 0 Å². The first kappa shape index (κ1) is 8.69. The fraction of sp³-hybridized carbons (Fsp3) is 0.125. The maximum Gasteiger partial charge on any atom is 0.0358 e. The smallest absolute Gasteiger partial charge is 0.0358 e. The third kappa shape index (κ3) is 2.87. The average molecular weight is 136 g/mol. The van der Waals surface area contributed by atoms with Crippen LogP contribution in [0.3, 0.4) is 0 Å². The Kier molecular flexibility index (Phi) is 3.96. The van der Waals surface area contributed by atoms with Gasteiger partial charge in [0.1, 0.15) is 0 Å². The lowest BCUT2D eigenvalue weighted by Crippen LogP contribution is -1.97. The van der Waals surface area contributed by atoms with Crippen molar-refractivity contribution < 1.29 is 0 Å². The van der Waals surface area contributed by atoms with E-state index in [9.17, 15) is 0 Å². The molecule has 0 aliphatic rings. The lowest BCUT2D eigenvalue weighted by Gasteiger charge is -1.93. The number of rotatable bonds is 3. The molecule has 2 nitrogen and oxygen atoms in total. The van der Waals surface area contributed by atoms with Crippen molar-refractivity contribution in [2.75, 3.05) is 0 Å². The maximum atomic E-state index is 6.85. The second kappa shape index (κ2) is 4.56. The Morgan fingerprint density at radius 3 is 2.60 bits per heavy atom. The van der Waals surface area contributed by atoms with Crippen molar-refractivity contribution in [3.8, 4) is 0 Å². The highest BCUT2D eigenvalue weighted by Gasteiger charge is 1.86. The van der Waals surface area contributed by atoms with Gasteiger partial charge < -0.3 is 11.1 Å². The zero-order chi connectivity index (χ0) is 7.98. The lowest BCUT2D eigenvalue weighted by molar-refractivity contribution is 1.34. The van der Waals surface area contributed by atoms with Gasteiger partial charge in [0.2, 0.25) is 0 Å². The molecule has 0 atom stereocenters. The zero-order valence-electron chi connectivity index (χ0n) is 6.09. The predicted octanol–water partition coefficient (Wildman–Crippen LogP) is 1.61. The van der Waals surface area contributed by atoms with Crippen molar-refractivity contribution in [3.05, 3.63) is 36.1 Å². The van der Waals surface area contributed by atoms with E-state index in [1.807, 2.05) is 0 Å². The van der Waals surface area contributed by atoms with Crippen LogP contribution < -0.4 is 5.73 Å². The quantitative estimate of drug-likeness (QED) is 0.449. The van der Waals surface area contributed by atoms with Gasteiger partial charge in [0.15, 0.2) is 0 Å². The Bertz CT molecular complexity index is 187. The van der Waals surface area contributed by atoms with Crippen LogP contribution in [0.15, 0.2) is 36.1 Å². The van der Waals surface area contributed by atoms with E-state index >= 15 is 0 Å². The summed E-state index contributed by atoms with van der Waals surface area (Å²) in [5.41, 5.74) is 6.88. The molecule has 0 radical (unpaired) electrons. The van der Waals surface area contributed by atoms with Crippen LogP contribution in [0.5, 0.6) is 0 Å². The molecular weight excluding hydrogens is 124 g/mol. The van der Waals surface area contributed by atoms with Crippen molar-refractivity contribution in [2.45, 2.75) is 6.92 Å². The number of allylic oxidation sites excluding steroid dienone is 4. The van der Waals surface area contributed by atoms with Crippen molar-refractivity contribution in [1.29, 1.82) is 5.41 Å².